The molecule has 0 bridgehead atoms. The number of piperidine rings is 1. The van der Waals surface area contributed by atoms with Crippen LogP contribution in [0.4, 0.5) is 4.79 Å². The van der Waals surface area contributed by atoms with Crippen LogP contribution in [0, 0.1) is 5.92 Å². The molecule has 0 radical (unpaired) electrons. The van der Waals surface area contributed by atoms with Gasteiger partial charge in [-0.15, -0.1) is 0 Å². The summed E-state index contributed by atoms with van der Waals surface area (Å²) >= 11 is 0. The molecule has 1 aromatic carbocycles. The lowest BCUT2D eigenvalue weighted by atomic mass is 9.97. The van der Waals surface area contributed by atoms with E-state index in [0.29, 0.717) is 19.1 Å². The van der Waals surface area contributed by atoms with Crippen molar-refractivity contribution in [2.24, 2.45) is 5.92 Å². The normalized spacial score (nSPS) is 20.0. The van der Waals surface area contributed by atoms with Crippen LogP contribution in [0.2, 0.25) is 0 Å². The van der Waals surface area contributed by atoms with E-state index in [4.69, 9.17) is 4.74 Å². The van der Waals surface area contributed by atoms with Gasteiger partial charge in [0.15, 0.2) is 0 Å². The van der Waals surface area contributed by atoms with Crippen molar-refractivity contribution in [2.75, 3.05) is 26.7 Å². The fourth-order valence-electron chi connectivity index (χ4n) is 3.14. The van der Waals surface area contributed by atoms with Crippen LogP contribution < -0.4 is 15.4 Å². The molecule has 1 aliphatic carbocycles. The summed E-state index contributed by atoms with van der Waals surface area (Å²) in [6.07, 6.45) is 4.67. The molecule has 1 aromatic rings. The molecule has 2 N–H and O–H groups in total. The van der Waals surface area contributed by atoms with E-state index in [1.807, 2.05) is 24.3 Å². The highest BCUT2D eigenvalue weighted by Gasteiger charge is 2.31. The zero-order chi connectivity index (χ0) is 17.6. The quantitative estimate of drug-likeness (QED) is 0.828. The number of nitrogens with zero attached hydrogens (tertiary/aromatic N) is 1. The first-order chi connectivity index (χ1) is 12.2. The van der Waals surface area contributed by atoms with Crippen molar-refractivity contribution in [2.45, 2.75) is 38.1 Å². The number of amides is 3. The molecule has 3 rings (SSSR count). The van der Waals surface area contributed by atoms with Gasteiger partial charge in [0.05, 0.1) is 13.0 Å². The average Bonchev–Trinajstić information content (AvgIpc) is 3.46. The van der Waals surface area contributed by atoms with E-state index >= 15 is 0 Å². The second-order valence-electron chi connectivity index (χ2n) is 6.90. The van der Waals surface area contributed by atoms with Crippen molar-refractivity contribution in [3.8, 4) is 5.75 Å². The Morgan fingerprint density at radius 3 is 2.64 bits per heavy atom. The molecule has 25 heavy (non-hydrogen) atoms. The minimum Gasteiger partial charge on any atom is -0.497 e. The van der Waals surface area contributed by atoms with Crippen molar-refractivity contribution >= 4 is 11.9 Å². The van der Waals surface area contributed by atoms with Gasteiger partial charge in [0.25, 0.3) is 0 Å². The topological polar surface area (TPSA) is 70.7 Å². The lowest BCUT2D eigenvalue weighted by Gasteiger charge is -2.32. The zero-order valence-electron chi connectivity index (χ0n) is 14.8. The fourth-order valence-corrected chi connectivity index (χ4v) is 3.14. The summed E-state index contributed by atoms with van der Waals surface area (Å²) in [5.74, 6) is 0.784. The van der Waals surface area contributed by atoms with Gasteiger partial charge < -0.3 is 20.3 Å². The average molecular weight is 345 g/mol. The van der Waals surface area contributed by atoms with Crippen molar-refractivity contribution in [3.63, 3.8) is 0 Å². The second kappa shape index (κ2) is 8.23. The van der Waals surface area contributed by atoms with Crippen molar-refractivity contribution in [1.82, 2.24) is 15.5 Å². The van der Waals surface area contributed by atoms with Gasteiger partial charge in [0.2, 0.25) is 5.91 Å². The Bertz CT molecular complexity index is 598. The number of benzene rings is 1. The molecular formula is C19H27N3O3. The number of likely N-dealkylation sites (tertiary alicyclic amines) is 1. The molecule has 1 saturated carbocycles. The molecule has 1 saturated heterocycles. The summed E-state index contributed by atoms with van der Waals surface area (Å²) in [6.45, 7) is 1.87. The molecule has 3 amide bonds. The maximum Gasteiger partial charge on any atom is 0.317 e. The van der Waals surface area contributed by atoms with E-state index in [1.165, 1.54) is 0 Å². The predicted molar refractivity (Wildman–Crippen MR) is 95.6 cm³/mol. The Hall–Kier alpha value is -2.24. The van der Waals surface area contributed by atoms with E-state index in [1.54, 1.807) is 12.0 Å². The number of urea groups is 1. The highest BCUT2D eigenvalue weighted by molar-refractivity contribution is 5.81. The van der Waals surface area contributed by atoms with Crippen molar-refractivity contribution in [3.05, 3.63) is 29.8 Å². The fraction of sp³-hybridized carbons (Fsp3) is 0.579. The molecule has 2 fully saturated rings. The van der Waals surface area contributed by atoms with Gasteiger partial charge in [0, 0.05) is 25.7 Å². The Balaban J connectivity index is 1.41. The third-order valence-electron chi connectivity index (χ3n) is 4.86. The standard InChI is InChI=1S/C19H27N3O3/c1-25-17-8-4-14(5-9-17)10-11-20-18(23)15-3-2-12-22(13-15)19(24)21-16-6-7-16/h4-5,8-9,15-16H,2-3,6-7,10-13H2,1H3,(H,20,23)(H,21,24). The number of nitrogens with one attached hydrogen (secondary N) is 2. The minimum atomic E-state index is -0.102. The summed E-state index contributed by atoms with van der Waals surface area (Å²) in [4.78, 5) is 26.3. The number of rotatable bonds is 6. The molecule has 6 nitrogen and oxygen atoms in total. The molecule has 1 atom stereocenters. The SMILES string of the molecule is COc1ccc(CCNC(=O)C2CCCN(C(=O)NC3CC3)C2)cc1. The van der Waals surface area contributed by atoms with Gasteiger partial charge in [-0.25, -0.2) is 4.79 Å². The molecular weight excluding hydrogens is 318 g/mol. The zero-order valence-corrected chi connectivity index (χ0v) is 14.8. The third kappa shape index (κ3) is 5.11. The number of hydrogen-bond acceptors (Lipinski definition) is 3. The van der Waals surface area contributed by atoms with E-state index in [9.17, 15) is 9.59 Å². The monoisotopic (exact) mass is 345 g/mol. The van der Waals surface area contributed by atoms with Gasteiger partial charge in [-0.3, -0.25) is 4.79 Å². The maximum absolute atomic E-state index is 12.4. The summed E-state index contributed by atoms with van der Waals surface area (Å²) in [5, 5.41) is 6.02. The lowest BCUT2D eigenvalue weighted by Crippen LogP contribution is -2.49. The van der Waals surface area contributed by atoms with Gasteiger partial charge in [-0.2, -0.15) is 0 Å². The minimum absolute atomic E-state index is 0.0155. The highest BCUT2D eigenvalue weighted by atomic mass is 16.5. The molecule has 1 aliphatic heterocycles. The molecule has 6 heteroatoms. The first-order valence-corrected chi connectivity index (χ1v) is 9.12. The van der Waals surface area contributed by atoms with Gasteiger partial charge in [-0.05, 0) is 49.8 Å². The van der Waals surface area contributed by atoms with Crippen LogP contribution in [0.15, 0.2) is 24.3 Å². The Kier molecular flexibility index (Phi) is 5.79. The first-order valence-electron chi connectivity index (χ1n) is 9.12. The van der Waals surface area contributed by atoms with Crippen LogP contribution in [0.5, 0.6) is 5.75 Å². The number of hydrogen-bond donors (Lipinski definition) is 2. The smallest absolute Gasteiger partial charge is 0.317 e. The predicted octanol–water partition coefficient (Wildman–Crippen LogP) is 1.94. The first kappa shape index (κ1) is 17.6. The number of carbonyl (C=O) groups excluding carboxylic acids is 2. The largest absolute Gasteiger partial charge is 0.497 e. The van der Waals surface area contributed by atoms with Gasteiger partial charge in [0.1, 0.15) is 5.75 Å². The van der Waals surface area contributed by atoms with E-state index in [0.717, 1.165) is 50.0 Å². The maximum atomic E-state index is 12.4. The van der Waals surface area contributed by atoms with E-state index < -0.39 is 0 Å². The van der Waals surface area contributed by atoms with Crippen LogP contribution in [-0.2, 0) is 11.2 Å². The molecule has 1 heterocycles. The summed E-state index contributed by atoms with van der Waals surface area (Å²) in [6, 6.07) is 8.21. The van der Waals surface area contributed by atoms with Crippen molar-refractivity contribution in [1.29, 1.82) is 0 Å². The molecule has 1 unspecified atom stereocenters. The van der Waals surface area contributed by atoms with Crippen LogP contribution in [0.1, 0.15) is 31.2 Å². The van der Waals surface area contributed by atoms with Gasteiger partial charge in [-0.1, -0.05) is 12.1 Å². The molecule has 0 aromatic heterocycles. The Morgan fingerprint density at radius 2 is 1.96 bits per heavy atom. The van der Waals surface area contributed by atoms with Crippen LogP contribution in [-0.4, -0.2) is 49.6 Å². The molecule has 0 spiro atoms. The summed E-state index contributed by atoms with van der Waals surface area (Å²) in [5.41, 5.74) is 1.16. The second-order valence-corrected chi connectivity index (χ2v) is 6.90. The van der Waals surface area contributed by atoms with E-state index in [-0.39, 0.29) is 17.9 Å². The molecule has 136 valence electrons. The molecule has 2 aliphatic rings. The third-order valence-corrected chi connectivity index (χ3v) is 4.86. The number of carbonyl (C=O) groups is 2. The van der Waals surface area contributed by atoms with E-state index in [2.05, 4.69) is 10.6 Å². The van der Waals surface area contributed by atoms with Crippen molar-refractivity contribution < 1.29 is 14.3 Å². The van der Waals surface area contributed by atoms with Gasteiger partial charge >= 0.3 is 6.03 Å². The van der Waals surface area contributed by atoms with Crippen LogP contribution in [0.3, 0.4) is 0 Å². The Labute approximate surface area is 148 Å². The summed E-state index contributed by atoms with van der Waals surface area (Å²) < 4.78 is 5.14. The van der Waals surface area contributed by atoms with Crippen LogP contribution in [0.25, 0.3) is 0 Å². The highest BCUT2D eigenvalue weighted by Crippen LogP contribution is 2.21. The number of ether oxygens (including phenoxy) is 1. The number of methoxy groups -OCH3 is 1. The summed E-state index contributed by atoms with van der Waals surface area (Å²) in [7, 11) is 1.65. The Morgan fingerprint density at radius 1 is 1.20 bits per heavy atom. The lowest BCUT2D eigenvalue weighted by molar-refractivity contribution is -0.126. The van der Waals surface area contributed by atoms with Crippen LogP contribution >= 0.6 is 0 Å².